The lowest BCUT2D eigenvalue weighted by molar-refractivity contribution is 0.0364. The number of hydrogen-bond donors (Lipinski definition) is 2. The van der Waals surface area contributed by atoms with E-state index in [-0.39, 0.29) is 5.82 Å². The predicted molar refractivity (Wildman–Crippen MR) is 64.3 cm³/mol. The van der Waals surface area contributed by atoms with Gasteiger partial charge >= 0.3 is 0 Å². The van der Waals surface area contributed by atoms with E-state index < -0.39 is 5.60 Å². The molecule has 0 bridgehead atoms. The summed E-state index contributed by atoms with van der Waals surface area (Å²) in [6.07, 6.45) is 0. The van der Waals surface area contributed by atoms with Crippen LogP contribution in [0.15, 0.2) is 28.7 Å². The van der Waals surface area contributed by atoms with Gasteiger partial charge in [0, 0.05) is 11.9 Å². The Morgan fingerprint density at radius 1 is 1.41 bits per heavy atom. The lowest BCUT2D eigenvalue weighted by Gasteiger charge is -2.20. The van der Waals surface area contributed by atoms with Gasteiger partial charge in [-0.05, 0) is 37.7 Å². The maximum absolute atomic E-state index is 13.0. The van der Waals surface area contributed by atoms with Gasteiger partial charge in [0.25, 0.3) is 0 Å². The first kappa shape index (κ1) is 12.1. The molecule has 0 saturated carbocycles. The van der Waals surface area contributed by atoms with Gasteiger partial charge in [0.2, 0.25) is 0 Å². The van der Waals surface area contributed by atoms with Crippen LogP contribution in [0.3, 0.4) is 0 Å². The number of nitrogens with one attached hydrogen (secondary N) is 1. The quantitative estimate of drug-likeness (QED) is 0.858. The Balaban J connectivity index is 2.35. The molecule has 2 rings (SSSR count). The van der Waals surface area contributed by atoms with Gasteiger partial charge in [-0.1, -0.05) is 6.92 Å². The number of rotatable bonds is 4. The zero-order valence-electron chi connectivity index (χ0n) is 9.96. The summed E-state index contributed by atoms with van der Waals surface area (Å²) in [5.74, 6) is 0.134. The van der Waals surface area contributed by atoms with Crippen molar-refractivity contribution in [3.63, 3.8) is 0 Å². The second kappa shape index (κ2) is 4.47. The first-order valence-electron chi connectivity index (χ1n) is 5.65. The summed E-state index contributed by atoms with van der Waals surface area (Å²) in [4.78, 5) is 0. The van der Waals surface area contributed by atoms with Crippen molar-refractivity contribution >= 4 is 11.0 Å². The molecule has 0 aliphatic rings. The van der Waals surface area contributed by atoms with Crippen molar-refractivity contribution in [1.82, 2.24) is 5.32 Å². The Kier molecular flexibility index (Phi) is 3.17. The Labute approximate surface area is 99.2 Å². The van der Waals surface area contributed by atoms with Crippen LogP contribution in [0.25, 0.3) is 11.0 Å². The Bertz CT molecular complexity index is 519. The predicted octanol–water partition coefficient (Wildman–Crippen LogP) is 2.39. The molecule has 2 N–H and O–H groups in total. The normalized spacial score (nSPS) is 15.1. The Hall–Kier alpha value is -1.39. The molecule has 0 aliphatic carbocycles. The SMILES string of the molecule is CCNCC(C)(O)c1cc2cc(F)ccc2o1. The first-order chi connectivity index (χ1) is 8.03. The summed E-state index contributed by atoms with van der Waals surface area (Å²) in [5.41, 5.74) is -0.510. The topological polar surface area (TPSA) is 45.4 Å². The molecule has 92 valence electrons. The standard InChI is InChI=1S/C13H16FNO2/c1-3-15-8-13(2,16)12-7-9-6-10(14)4-5-11(9)17-12/h4-7,15-16H,3,8H2,1-2H3. The van der Waals surface area contributed by atoms with Crippen molar-refractivity contribution in [2.75, 3.05) is 13.1 Å². The molecular formula is C13H16FNO2. The number of benzene rings is 1. The van der Waals surface area contributed by atoms with E-state index in [1.165, 1.54) is 12.1 Å². The fraction of sp³-hybridized carbons (Fsp3) is 0.385. The molecule has 0 spiro atoms. The number of hydrogen-bond acceptors (Lipinski definition) is 3. The van der Waals surface area contributed by atoms with E-state index in [0.717, 1.165) is 6.54 Å². The Morgan fingerprint density at radius 3 is 2.88 bits per heavy atom. The molecule has 1 aromatic heterocycles. The van der Waals surface area contributed by atoms with Crippen LogP contribution < -0.4 is 5.32 Å². The number of fused-ring (bicyclic) bond motifs is 1. The largest absolute Gasteiger partial charge is 0.458 e. The van der Waals surface area contributed by atoms with E-state index >= 15 is 0 Å². The van der Waals surface area contributed by atoms with Crippen molar-refractivity contribution in [3.8, 4) is 0 Å². The molecule has 1 unspecified atom stereocenters. The minimum absolute atomic E-state index is 0.309. The third-order valence-electron chi connectivity index (χ3n) is 2.73. The summed E-state index contributed by atoms with van der Waals surface area (Å²) in [5, 5.41) is 14.0. The maximum atomic E-state index is 13.0. The highest BCUT2D eigenvalue weighted by atomic mass is 19.1. The zero-order chi connectivity index (χ0) is 12.5. The molecule has 0 fully saturated rings. The van der Waals surface area contributed by atoms with Crippen LogP contribution in [-0.2, 0) is 5.60 Å². The number of likely N-dealkylation sites (N-methyl/N-ethyl adjacent to an activating group) is 1. The van der Waals surface area contributed by atoms with Gasteiger partial charge in [-0.15, -0.1) is 0 Å². The van der Waals surface area contributed by atoms with E-state index in [1.807, 2.05) is 6.92 Å². The van der Waals surface area contributed by atoms with Gasteiger partial charge in [-0.2, -0.15) is 0 Å². The first-order valence-corrected chi connectivity index (χ1v) is 5.65. The Morgan fingerprint density at radius 2 is 2.18 bits per heavy atom. The van der Waals surface area contributed by atoms with Crippen molar-refractivity contribution < 1.29 is 13.9 Å². The van der Waals surface area contributed by atoms with E-state index in [2.05, 4.69) is 5.32 Å². The van der Waals surface area contributed by atoms with Crippen molar-refractivity contribution in [2.45, 2.75) is 19.4 Å². The van der Waals surface area contributed by atoms with E-state index in [0.29, 0.717) is 23.3 Å². The highest BCUT2D eigenvalue weighted by Crippen LogP contribution is 2.27. The zero-order valence-corrected chi connectivity index (χ0v) is 9.96. The molecule has 17 heavy (non-hydrogen) atoms. The molecule has 4 heteroatoms. The van der Waals surface area contributed by atoms with Crippen LogP contribution in [0, 0.1) is 5.82 Å². The van der Waals surface area contributed by atoms with Crippen molar-refractivity contribution in [3.05, 3.63) is 35.8 Å². The fourth-order valence-corrected chi connectivity index (χ4v) is 1.74. The minimum Gasteiger partial charge on any atom is -0.458 e. The molecule has 0 saturated heterocycles. The second-order valence-corrected chi connectivity index (χ2v) is 4.35. The minimum atomic E-state index is -1.09. The van der Waals surface area contributed by atoms with Gasteiger partial charge in [0.15, 0.2) is 0 Å². The molecule has 0 amide bonds. The number of aliphatic hydroxyl groups is 1. The van der Waals surface area contributed by atoms with Crippen LogP contribution in [0.5, 0.6) is 0 Å². The van der Waals surface area contributed by atoms with Gasteiger partial charge in [0.1, 0.15) is 22.8 Å². The van der Waals surface area contributed by atoms with Gasteiger partial charge in [-0.25, -0.2) is 4.39 Å². The van der Waals surface area contributed by atoms with Crippen LogP contribution in [0.1, 0.15) is 19.6 Å². The van der Waals surface area contributed by atoms with Crippen LogP contribution >= 0.6 is 0 Å². The lowest BCUT2D eigenvalue weighted by Crippen LogP contribution is -2.34. The van der Waals surface area contributed by atoms with Crippen LogP contribution in [0.4, 0.5) is 4.39 Å². The average molecular weight is 237 g/mol. The molecule has 2 aromatic rings. The lowest BCUT2D eigenvalue weighted by atomic mass is 10.0. The summed E-state index contributed by atoms with van der Waals surface area (Å²) >= 11 is 0. The molecule has 1 aromatic carbocycles. The molecule has 1 heterocycles. The molecule has 0 radical (unpaired) electrons. The summed E-state index contributed by atoms with van der Waals surface area (Å²) in [7, 11) is 0. The maximum Gasteiger partial charge on any atom is 0.137 e. The number of furan rings is 1. The number of halogens is 1. The van der Waals surface area contributed by atoms with Crippen LogP contribution in [-0.4, -0.2) is 18.2 Å². The van der Waals surface area contributed by atoms with Crippen molar-refractivity contribution in [1.29, 1.82) is 0 Å². The smallest absolute Gasteiger partial charge is 0.137 e. The monoisotopic (exact) mass is 237 g/mol. The summed E-state index contributed by atoms with van der Waals surface area (Å²) in [6, 6.07) is 5.98. The molecule has 0 aliphatic heterocycles. The average Bonchev–Trinajstić information content (AvgIpc) is 2.70. The third-order valence-corrected chi connectivity index (χ3v) is 2.73. The van der Waals surface area contributed by atoms with E-state index in [4.69, 9.17) is 4.42 Å². The highest BCUT2D eigenvalue weighted by molar-refractivity contribution is 5.78. The molecular weight excluding hydrogens is 221 g/mol. The fourth-order valence-electron chi connectivity index (χ4n) is 1.74. The van der Waals surface area contributed by atoms with Crippen molar-refractivity contribution in [2.24, 2.45) is 0 Å². The molecule has 1 atom stereocenters. The van der Waals surface area contributed by atoms with Gasteiger partial charge < -0.3 is 14.8 Å². The van der Waals surface area contributed by atoms with E-state index in [1.54, 1.807) is 19.1 Å². The van der Waals surface area contributed by atoms with Crippen LogP contribution in [0.2, 0.25) is 0 Å². The summed E-state index contributed by atoms with van der Waals surface area (Å²) in [6.45, 7) is 4.80. The highest BCUT2D eigenvalue weighted by Gasteiger charge is 2.26. The second-order valence-electron chi connectivity index (χ2n) is 4.35. The van der Waals surface area contributed by atoms with E-state index in [9.17, 15) is 9.50 Å². The van der Waals surface area contributed by atoms with Gasteiger partial charge in [-0.3, -0.25) is 0 Å². The van der Waals surface area contributed by atoms with Gasteiger partial charge in [0.05, 0.1) is 0 Å². The molecule has 3 nitrogen and oxygen atoms in total. The third kappa shape index (κ3) is 2.48. The summed E-state index contributed by atoms with van der Waals surface area (Å²) < 4.78 is 18.6.